The van der Waals surface area contributed by atoms with Gasteiger partial charge in [-0.1, -0.05) is 36.4 Å². The van der Waals surface area contributed by atoms with E-state index in [-0.39, 0.29) is 12.5 Å². The number of hydrogen-bond acceptors (Lipinski definition) is 4. The van der Waals surface area contributed by atoms with E-state index >= 15 is 0 Å². The molecule has 1 amide bonds. The minimum Gasteiger partial charge on any atom is -0.387 e. The van der Waals surface area contributed by atoms with Crippen LogP contribution in [0.5, 0.6) is 0 Å². The highest BCUT2D eigenvalue weighted by atomic mass is 32.2. The lowest BCUT2D eigenvalue weighted by molar-refractivity contribution is -0.122. The lowest BCUT2D eigenvalue weighted by atomic mass is 10.0. The van der Waals surface area contributed by atoms with Crippen LogP contribution in [0.2, 0.25) is 0 Å². The number of hydrogen-bond donors (Lipinski definition) is 3. The second-order valence-corrected chi connectivity index (χ2v) is 6.24. The largest absolute Gasteiger partial charge is 0.387 e. The SMILES string of the molecule is CSCC[C@H](N)C(=O)NCC(O)c1ccc2ccccc2c1. The van der Waals surface area contributed by atoms with Crippen molar-refractivity contribution in [1.82, 2.24) is 5.32 Å². The van der Waals surface area contributed by atoms with Gasteiger partial charge in [0.05, 0.1) is 12.1 Å². The molecule has 0 aliphatic carbocycles. The van der Waals surface area contributed by atoms with Gasteiger partial charge >= 0.3 is 0 Å². The molecule has 0 radical (unpaired) electrons. The molecular formula is C17H22N2O2S. The third kappa shape index (κ3) is 4.47. The van der Waals surface area contributed by atoms with Crippen molar-refractivity contribution in [3.63, 3.8) is 0 Å². The van der Waals surface area contributed by atoms with Gasteiger partial charge in [-0.15, -0.1) is 0 Å². The number of nitrogens with one attached hydrogen (secondary N) is 1. The van der Waals surface area contributed by atoms with Gasteiger partial charge < -0.3 is 16.2 Å². The molecule has 0 saturated carbocycles. The van der Waals surface area contributed by atoms with Crippen LogP contribution < -0.4 is 11.1 Å². The predicted molar refractivity (Wildman–Crippen MR) is 92.9 cm³/mol. The molecule has 0 saturated heterocycles. The van der Waals surface area contributed by atoms with Crippen LogP contribution in [0.1, 0.15) is 18.1 Å². The molecule has 2 atom stereocenters. The maximum absolute atomic E-state index is 11.8. The number of rotatable bonds is 7. The molecule has 0 aliphatic rings. The summed E-state index contributed by atoms with van der Waals surface area (Å²) in [6.45, 7) is 0.171. The summed E-state index contributed by atoms with van der Waals surface area (Å²) in [5.74, 6) is 0.635. The van der Waals surface area contributed by atoms with Gasteiger partial charge in [0.2, 0.25) is 5.91 Å². The molecule has 0 bridgehead atoms. The number of benzene rings is 2. The third-order valence-corrected chi connectivity index (χ3v) is 4.24. The van der Waals surface area contributed by atoms with Crippen LogP contribution in [-0.2, 0) is 4.79 Å². The average molecular weight is 318 g/mol. The van der Waals surface area contributed by atoms with Crippen molar-refractivity contribution < 1.29 is 9.90 Å². The second kappa shape index (κ2) is 8.17. The highest BCUT2D eigenvalue weighted by molar-refractivity contribution is 7.98. The van der Waals surface area contributed by atoms with Crippen LogP contribution in [0, 0.1) is 0 Å². The van der Waals surface area contributed by atoms with Crippen LogP contribution in [0.3, 0.4) is 0 Å². The molecule has 22 heavy (non-hydrogen) atoms. The Morgan fingerprint density at radius 3 is 2.73 bits per heavy atom. The Balaban J connectivity index is 1.93. The first-order valence-electron chi connectivity index (χ1n) is 7.31. The van der Waals surface area contributed by atoms with Crippen molar-refractivity contribution >= 4 is 28.4 Å². The fourth-order valence-electron chi connectivity index (χ4n) is 2.24. The molecule has 118 valence electrons. The number of aliphatic hydroxyl groups is 1. The average Bonchev–Trinajstić information content (AvgIpc) is 2.56. The Labute approximate surface area is 135 Å². The molecule has 2 aromatic carbocycles. The lowest BCUT2D eigenvalue weighted by Crippen LogP contribution is -2.42. The molecule has 0 spiro atoms. The van der Waals surface area contributed by atoms with E-state index in [0.717, 1.165) is 22.1 Å². The third-order valence-electron chi connectivity index (χ3n) is 3.60. The summed E-state index contributed by atoms with van der Waals surface area (Å²) in [5.41, 5.74) is 6.58. The van der Waals surface area contributed by atoms with Crippen molar-refractivity contribution in [1.29, 1.82) is 0 Å². The smallest absolute Gasteiger partial charge is 0.237 e. The minimum absolute atomic E-state index is 0.171. The standard InChI is InChI=1S/C17H22N2O2S/c1-22-9-8-15(18)17(21)19-11-16(20)14-7-6-12-4-2-3-5-13(12)10-14/h2-7,10,15-16,20H,8-9,11,18H2,1H3,(H,19,21)/t15-,16?/m0/s1. The summed E-state index contributed by atoms with van der Waals surface area (Å²) in [4.78, 5) is 11.8. The molecule has 0 heterocycles. The first-order valence-corrected chi connectivity index (χ1v) is 8.70. The fraction of sp³-hybridized carbons (Fsp3) is 0.353. The summed E-state index contributed by atoms with van der Waals surface area (Å²) in [7, 11) is 0. The number of aliphatic hydroxyl groups excluding tert-OH is 1. The number of thioether (sulfide) groups is 1. The van der Waals surface area contributed by atoms with Crippen molar-refractivity contribution in [3.8, 4) is 0 Å². The Morgan fingerprint density at radius 1 is 1.27 bits per heavy atom. The summed E-state index contributed by atoms with van der Waals surface area (Å²) < 4.78 is 0. The van der Waals surface area contributed by atoms with E-state index in [0.29, 0.717) is 6.42 Å². The topological polar surface area (TPSA) is 75.4 Å². The summed E-state index contributed by atoms with van der Waals surface area (Å²) in [6, 6.07) is 13.3. The maximum Gasteiger partial charge on any atom is 0.237 e. The molecule has 5 heteroatoms. The van der Waals surface area contributed by atoms with Gasteiger partial charge in [-0.3, -0.25) is 4.79 Å². The molecule has 1 unspecified atom stereocenters. The Hall–Kier alpha value is -1.56. The first kappa shape index (κ1) is 16.8. The quantitative estimate of drug-likeness (QED) is 0.730. The molecule has 2 rings (SSSR count). The molecule has 0 aliphatic heterocycles. The fourth-order valence-corrected chi connectivity index (χ4v) is 2.73. The van der Waals surface area contributed by atoms with E-state index in [4.69, 9.17) is 5.73 Å². The van der Waals surface area contributed by atoms with E-state index in [1.165, 1.54) is 0 Å². The molecule has 0 fully saturated rings. The minimum atomic E-state index is -0.735. The van der Waals surface area contributed by atoms with Gasteiger partial charge in [0.15, 0.2) is 0 Å². The zero-order chi connectivity index (χ0) is 15.9. The summed E-state index contributed by atoms with van der Waals surface area (Å²) in [6.07, 6.45) is 1.88. The van der Waals surface area contributed by atoms with Gasteiger partial charge in [-0.05, 0) is 40.8 Å². The number of carbonyl (C=O) groups is 1. The maximum atomic E-state index is 11.8. The molecule has 2 aromatic rings. The number of carbonyl (C=O) groups excluding carboxylic acids is 1. The van der Waals surface area contributed by atoms with Crippen LogP contribution in [0.4, 0.5) is 0 Å². The number of fused-ring (bicyclic) bond motifs is 1. The summed E-state index contributed by atoms with van der Waals surface area (Å²) >= 11 is 1.66. The van der Waals surface area contributed by atoms with E-state index in [1.54, 1.807) is 11.8 Å². The normalized spacial score (nSPS) is 13.8. The van der Waals surface area contributed by atoms with Crippen LogP contribution in [0.25, 0.3) is 10.8 Å². The summed E-state index contributed by atoms with van der Waals surface area (Å²) in [5, 5.41) is 15.1. The van der Waals surface area contributed by atoms with Crippen LogP contribution >= 0.6 is 11.8 Å². The number of nitrogens with two attached hydrogens (primary N) is 1. The van der Waals surface area contributed by atoms with Crippen molar-refractivity contribution in [2.45, 2.75) is 18.6 Å². The zero-order valence-electron chi connectivity index (χ0n) is 12.7. The highest BCUT2D eigenvalue weighted by Gasteiger charge is 2.15. The Bertz CT molecular complexity index is 633. The first-order chi connectivity index (χ1) is 10.6. The monoisotopic (exact) mass is 318 g/mol. The van der Waals surface area contributed by atoms with E-state index in [1.807, 2.05) is 48.7 Å². The molecule has 4 N–H and O–H groups in total. The lowest BCUT2D eigenvalue weighted by Gasteiger charge is -2.15. The van der Waals surface area contributed by atoms with Gasteiger partial charge in [-0.2, -0.15) is 11.8 Å². The molecular weight excluding hydrogens is 296 g/mol. The Morgan fingerprint density at radius 2 is 2.00 bits per heavy atom. The Kier molecular flexibility index (Phi) is 6.24. The van der Waals surface area contributed by atoms with Gasteiger partial charge in [0.1, 0.15) is 0 Å². The van der Waals surface area contributed by atoms with E-state index < -0.39 is 12.1 Å². The van der Waals surface area contributed by atoms with Crippen molar-refractivity contribution in [3.05, 3.63) is 48.0 Å². The van der Waals surface area contributed by atoms with Gasteiger partial charge in [0, 0.05) is 6.54 Å². The van der Waals surface area contributed by atoms with Crippen molar-refractivity contribution in [2.24, 2.45) is 5.73 Å². The van der Waals surface area contributed by atoms with Gasteiger partial charge in [0.25, 0.3) is 0 Å². The predicted octanol–water partition coefficient (Wildman–Crippen LogP) is 2.07. The van der Waals surface area contributed by atoms with E-state index in [9.17, 15) is 9.90 Å². The second-order valence-electron chi connectivity index (χ2n) is 5.26. The van der Waals surface area contributed by atoms with Gasteiger partial charge in [-0.25, -0.2) is 0 Å². The molecule has 0 aromatic heterocycles. The van der Waals surface area contributed by atoms with Crippen LogP contribution in [0.15, 0.2) is 42.5 Å². The van der Waals surface area contributed by atoms with Crippen molar-refractivity contribution in [2.75, 3.05) is 18.6 Å². The molecule has 4 nitrogen and oxygen atoms in total. The van der Waals surface area contributed by atoms with Crippen LogP contribution in [-0.4, -0.2) is 35.6 Å². The highest BCUT2D eigenvalue weighted by Crippen LogP contribution is 2.20. The van der Waals surface area contributed by atoms with E-state index in [2.05, 4.69) is 5.32 Å². The zero-order valence-corrected chi connectivity index (χ0v) is 13.5. The number of amides is 1.